The number of anilines is 1. The van der Waals surface area contributed by atoms with Crippen molar-refractivity contribution in [2.45, 2.75) is 18.9 Å². The van der Waals surface area contributed by atoms with Gasteiger partial charge in [0.25, 0.3) is 0 Å². The fourth-order valence-electron chi connectivity index (χ4n) is 1.94. The summed E-state index contributed by atoms with van der Waals surface area (Å²) in [5.74, 6) is 0.677. The van der Waals surface area contributed by atoms with Crippen molar-refractivity contribution >= 4 is 17.4 Å². The van der Waals surface area contributed by atoms with E-state index in [1.54, 1.807) is 12.3 Å². The van der Waals surface area contributed by atoms with Gasteiger partial charge >= 0.3 is 0 Å². The normalized spacial score (nSPS) is 20.6. The Bertz CT molecular complexity index is 426. The lowest BCUT2D eigenvalue weighted by atomic mass is 10.1. The summed E-state index contributed by atoms with van der Waals surface area (Å²) >= 11 is 6.12. The number of pyridine rings is 1. The van der Waals surface area contributed by atoms with Crippen LogP contribution in [0.15, 0.2) is 12.3 Å². The van der Waals surface area contributed by atoms with Crippen molar-refractivity contribution in [2.24, 2.45) is 5.73 Å². The molecule has 2 rings (SSSR count). The molecule has 1 atom stereocenters. The first-order valence-electron chi connectivity index (χ1n) is 5.27. The molecular weight excluding hydrogens is 224 g/mol. The molecule has 1 aliphatic heterocycles. The lowest BCUT2D eigenvalue weighted by Crippen LogP contribution is -2.43. The van der Waals surface area contributed by atoms with Crippen LogP contribution in [0.25, 0.3) is 0 Å². The highest BCUT2D eigenvalue weighted by atomic mass is 35.5. The zero-order valence-electron chi connectivity index (χ0n) is 8.86. The van der Waals surface area contributed by atoms with E-state index in [-0.39, 0.29) is 6.04 Å². The zero-order chi connectivity index (χ0) is 11.5. The van der Waals surface area contributed by atoms with Crippen LogP contribution in [0, 0.1) is 11.3 Å². The van der Waals surface area contributed by atoms with E-state index in [2.05, 4.69) is 16.0 Å². The third kappa shape index (κ3) is 2.11. The predicted molar refractivity (Wildman–Crippen MR) is 63.4 cm³/mol. The molecule has 84 valence electrons. The Kier molecular flexibility index (Phi) is 3.28. The van der Waals surface area contributed by atoms with Crippen LogP contribution in [-0.2, 0) is 0 Å². The molecule has 1 aromatic rings. The minimum absolute atomic E-state index is 0.164. The first-order valence-corrected chi connectivity index (χ1v) is 5.65. The van der Waals surface area contributed by atoms with Gasteiger partial charge in [-0.25, -0.2) is 4.98 Å². The summed E-state index contributed by atoms with van der Waals surface area (Å²) in [7, 11) is 0. The van der Waals surface area contributed by atoms with Gasteiger partial charge < -0.3 is 10.6 Å². The number of nitrogens with two attached hydrogens (primary N) is 1. The van der Waals surface area contributed by atoms with Gasteiger partial charge in [0, 0.05) is 25.3 Å². The first kappa shape index (κ1) is 11.2. The number of hydrogen-bond donors (Lipinski definition) is 1. The van der Waals surface area contributed by atoms with Crippen LogP contribution in [0.3, 0.4) is 0 Å². The molecule has 1 aromatic heterocycles. The number of nitriles is 1. The predicted octanol–water partition coefficient (Wildman–Crippen LogP) is 1.53. The average molecular weight is 237 g/mol. The summed E-state index contributed by atoms with van der Waals surface area (Å²) in [6, 6.07) is 3.84. The highest BCUT2D eigenvalue weighted by Crippen LogP contribution is 2.28. The average Bonchev–Trinajstić information content (AvgIpc) is 2.29. The summed E-state index contributed by atoms with van der Waals surface area (Å²) < 4.78 is 0. The Morgan fingerprint density at radius 1 is 1.62 bits per heavy atom. The molecule has 0 saturated carbocycles. The second-order valence-electron chi connectivity index (χ2n) is 3.96. The van der Waals surface area contributed by atoms with Gasteiger partial charge in [0.1, 0.15) is 16.9 Å². The molecule has 0 aliphatic carbocycles. The smallest absolute Gasteiger partial charge is 0.148 e. The van der Waals surface area contributed by atoms with Gasteiger partial charge in [-0.05, 0) is 18.9 Å². The molecule has 0 amide bonds. The van der Waals surface area contributed by atoms with Gasteiger partial charge in [-0.2, -0.15) is 5.26 Å². The summed E-state index contributed by atoms with van der Waals surface area (Å²) in [6.45, 7) is 1.65. The summed E-state index contributed by atoms with van der Waals surface area (Å²) in [4.78, 5) is 6.29. The number of piperidine rings is 1. The van der Waals surface area contributed by atoms with E-state index < -0.39 is 0 Å². The maximum atomic E-state index is 8.89. The highest BCUT2D eigenvalue weighted by Gasteiger charge is 2.20. The van der Waals surface area contributed by atoms with Crippen LogP contribution >= 0.6 is 11.6 Å². The molecule has 1 saturated heterocycles. The molecule has 16 heavy (non-hydrogen) atoms. The van der Waals surface area contributed by atoms with Crippen molar-refractivity contribution in [3.05, 3.63) is 22.8 Å². The van der Waals surface area contributed by atoms with Gasteiger partial charge in [0.05, 0.1) is 5.56 Å². The van der Waals surface area contributed by atoms with Crippen molar-refractivity contribution in [1.82, 2.24) is 4.98 Å². The fraction of sp³-hybridized carbons (Fsp3) is 0.455. The zero-order valence-corrected chi connectivity index (χ0v) is 9.61. The van der Waals surface area contributed by atoms with Gasteiger partial charge in [0.15, 0.2) is 0 Å². The largest absolute Gasteiger partial charge is 0.354 e. The third-order valence-electron chi connectivity index (χ3n) is 2.75. The summed E-state index contributed by atoms with van der Waals surface area (Å²) in [6.07, 6.45) is 3.68. The third-order valence-corrected chi connectivity index (χ3v) is 3.12. The number of rotatable bonds is 1. The van der Waals surface area contributed by atoms with E-state index in [4.69, 9.17) is 22.6 Å². The SMILES string of the molecule is N#Cc1ccnc(N2CCCC(N)C2)c1Cl. The topological polar surface area (TPSA) is 65.9 Å². The van der Waals surface area contributed by atoms with Crippen molar-refractivity contribution in [2.75, 3.05) is 18.0 Å². The van der Waals surface area contributed by atoms with Crippen molar-refractivity contribution in [3.63, 3.8) is 0 Å². The lowest BCUT2D eigenvalue weighted by Gasteiger charge is -2.32. The van der Waals surface area contributed by atoms with E-state index in [1.807, 2.05) is 0 Å². The van der Waals surface area contributed by atoms with Gasteiger partial charge in [0.2, 0.25) is 0 Å². The van der Waals surface area contributed by atoms with Crippen LogP contribution < -0.4 is 10.6 Å². The monoisotopic (exact) mass is 236 g/mol. The lowest BCUT2D eigenvalue weighted by molar-refractivity contribution is 0.503. The Morgan fingerprint density at radius 2 is 2.44 bits per heavy atom. The molecule has 1 aliphatic rings. The maximum absolute atomic E-state index is 8.89. The van der Waals surface area contributed by atoms with E-state index in [1.165, 1.54) is 0 Å². The minimum Gasteiger partial charge on any atom is -0.354 e. The first-order chi connectivity index (χ1) is 7.72. The standard InChI is InChI=1S/C11H13ClN4/c12-10-8(6-13)3-4-15-11(10)16-5-1-2-9(14)7-16/h3-4,9H,1-2,5,7,14H2. The Morgan fingerprint density at radius 3 is 3.12 bits per heavy atom. The van der Waals surface area contributed by atoms with Gasteiger partial charge in [-0.3, -0.25) is 0 Å². The number of hydrogen-bond acceptors (Lipinski definition) is 4. The van der Waals surface area contributed by atoms with Crippen LogP contribution in [0.1, 0.15) is 18.4 Å². The minimum atomic E-state index is 0.164. The fourth-order valence-corrected chi connectivity index (χ4v) is 2.22. The van der Waals surface area contributed by atoms with Gasteiger partial charge in [-0.1, -0.05) is 11.6 Å². The van der Waals surface area contributed by atoms with Crippen LogP contribution in [0.2, 0.25) is 5.02 Å². The van der Waals surface area contributed by atoms with E-state index in [0.29, 0.717) is 16.4 Å². The van der Waals surface area contributed by atoms with E-state index in [9.17, 15) is 0 Å². The molecular formula is C11H13ClN4. The number of halogens is 1. The molecule has 1 fully saturated rings. The second-order valence-corrected chi connectivity index (χ2v) is 4.33. The second kappa shape index (κ2) is 4.69. The summed E-state index contributed by atoms with van der Waals surface area (Å²) in [5.41, 5.74) is 6.37. The number of aromatic nitrogens is 1. The molecule has 0 bridgehead atoms. The molecule has 4 nitrogen and oxygen atoms in total. The quantitative estimate of drug-likeness (QED) is 0.803. The molecule has 0 aromatic carbocycles. The highest BCUT2D eigenvalue weighted by molar-refractivity contribution is 6.34. The van der Waals surface area contributed by atoms with Crippen LogP contribution in [-0.4, -0.2) is 24.1 Å². The molecule has 0 radical (unpaired) electrons. The van der Waals surface area contributed by atoms with Crippen molar-refractivity contribution in [1.29, 1.82) is 5.26 Å². The van der Waals surface area contributed by atoms with Crippen LogP contribution in [0.5, 0.6) is 0 Å². The molecule has 0 spiro atoms. The Balaban J connectivity index is 2.30. The van der Waals surface area contributed by atoms with Crippen molar-refractivity contribution in [3.8, 4) is 6.07 Å². The molecule has 5 heteroatoms. The number of nitrogens with zero attached hydrogens (tertiary/aromatic N) is 3. The van der Waals surface area contributed by atoms with Gasteiger partial charge in [-0.15, -0.1) is 0 Å². The van der Waals surface area contributed by atoms with E-state index >= 15 is 0 Å². The molecule has 2 N–H and O–H groups in total. The van der Waals surface area contributed by atoms with Crippen LogP contribution in [0.4, 0.5) is 5.82 Å². The Hall–Kier alpha value is -1.31. The van der Waals surface area contributed by atoms with Crippen molar-refractivity contribution < 1.29 is 0 Å². The summed E-state index contributed by atoms with van der Waals surface area (Å²) in [5, 5.41) is 9.32. The molecule has 1 unspecified atom stereocenters. The molecule has 2 heterocycles. The van der Waals surface area contributed by atoms with E-state index in [0.717, 1.165) is 25.9 Å². The maximum Gasteiger partial charge on any atom is 0.148 e. The Labute approximate surface area is 99.6 Å².